The van der Waals surface area contributed by atoms with Crippen molar-refractivity contribution in [2.75, 3.05) is 36.8 Å². The minimum absolute atomic E-state index is 0.284. The number of carbonyl (C=O) groups is 1. The summed E-state index contributed by atoms with van der Waals surface area (Å²) in [6, 6.07) is 4.70. The van der Waals surface area contributed by atoms with Gasteiger partial charge in [-0.2, -0.15) is 0 Å². The van der Waals surface area contributed by atoms with Gasteiger partial charge < -0.3 is 20.3 Å². The standard InChI is InChI=1S/C18H28FN3O2/c1-4-5-8-18(2,3)24-17(23)22-11-9-21(10-12-22)16-7-6-14(20)13-15(16)19/h6-7,13H,4-5,8-12,20H2,1-3H3. The predicted octanol–water partition coefficient (Wildman–Crippen LogP) is 3.64. The zero-order valence-corrected chi connectivity index (χ0v) is 14.8. The van der Waals surface area contributed by atoms with Crippen LogP contribution in [0.15, 0.2) is 18.2 Å². The van der Waals surface area contributed by atoms with Gasteiger partial charge in [-0.1, -0.05) is 13.3 Å². The Kier molecular flexibility index (Phi) is 5.91. The number of nitrogens with zero attached hydrogens (tertiary/aromatic N) is 2. The Morgan fingerprint density at radius 2 is 1.96 bits per heavy atom. The van der Waals surface area contributed by atoms with E-state index in [1.54, 1.807) is 17.0 Å². The molecule has 1 aliphatic rings. The Morgan fingerprint density at radius 3 is 2.54 bits per heavy atom. The van der Waals surface area contributed by atoms with E-state index in [9.17, 15) is 9.18 Å². The molecule has 1 aromatic rings. The summed E-state index contributed by atoms with van der Waals surface area (Å²) in [4.78, 5) is 16.0. The third kappa shape index (κ3) is 4.76. The van der Waals surface area contributed by atoms with Crippen LogP contribution in [0.25, 0.3) is 0 Å². The topological polar surface area (TPSA) is 58.8 Å². The predicted molar refractivity (Wildman–Crippen MR) is 94.7 cm³/mol. The van der Waals surface area contributed by atoms with E-state index in [4.69, 9.17) is 10.5 Å². The number of anilines is 2. The quantitative estimate of drug-likeness (QED) is 0.834. The molecule has 6 heteroatoms. The Labute approximate surface area is 143 Å². The van der Waals surface area contributed by atoms with E-state index in [0.29, 0.717) is 37.6 Å². The largest absolute Gasteiger partial charge is 0.443 e. The van der Waals surface area contributed by atoms with E-state index in [0.717, 1.165) is 19.3 Å². The second-order valence-corrected chi connectivity index (χ2v) is 6.92. The summed E-state index contributed by atoms with van der Waals surface area (Å²) in [5.74, 6) is -0.327. The van der Waals surface area contributed by atoms with Gasteiger partial charge in [-0.3, -0.25) is 0 Å². The van der Waals surface area contributed by atoms with Crippen molar-refractivity contribution in [1.82, 2.24) is 4.90 Å². The zero-order valence-electron chi connectivity index (χ0n) is 14.8. The van der Waals surface area contributed by atoms with Crippen LogP contribution in [0.4, 0.5) is 20.6 Å². The highest BCUT2D eigenvalue weighted by atomic mass is 19.1. The van der Waals surface area contributed by atoms with Crippen molar-refractivity contribution in [3.05, 3.63) is 24.0 Å². The fraction of sp³-hybridized carbons (Fsp3) is 0.611. The molecule has 2 rings (SSSR count). The van der Waals surface area contributed by atoms with Crippen molar-refractivity contribution in [2.45, 2.75) is 45.6 Å². The lowest BCUT2D eigenvalue weighted by atomic mass is 10.0. The van der Waals surface area contributed by atoms with Crippen molar-refractivity contribution in [3.8, 4) is 0 Å². The van der Waals surface area contributed by atoms with Crippen molar-refractivity contribution in [1.29, 1.82) is 0 Å². The molecule has 1 aliphatic heterocycles. The molecule has 5 nitrogen and oxygen atoms in total. The number of hydrogen-bond donors (Lipinski definition) is 1. The van der Waals surface area contributed by atoms with Crippen molar-refractivity contribution < 1.29 is 13.9 Å². The highest BCUT2D eigenvalue weighted by Gasteiger charge is 2.28. The number of benzene rings is 1. The van der Waals surface area contributed by atoms with Crippen LogP contribution < -0.4 is 10.6 Å². The molecule has 0 saturated carbocycles. The van der Waals surface area contributed by atoms with Gasteiger partial charge in [0.1, 0.15) is 11.4 Å². The lowest BCUT2D eigenvalue weighted by Crippen LogP contribution is -2.50. The second kappa shape index (κ2) is 7.73. The number of amides is 1. The normalized spacial score (nSPS) is 15.5. The van der Waals surface area contributed by atoms with Gasteiger partial charge in [0.2, 0.25) is 0 Å². The third-order valence-electron chi connectivity index (χ3n) is 4.35. The summed E-state index contributed by atoms with van der Waals surface area (Å²) in [6.45, 7) is 8.20. The van der Waals surface area contributed by atoms with Crippen molar-refractivity contribution in [2.24, 2.45) is 0 Å². The zero-order chi connectivity index (χ0) is 17.7. The number of hydrogen-bond acceptors (Lipinski definition) is 4. The molecule has 0 unspecified atom stereocenters. The Morgan fingerprint density at radius 1 is 1.29 bits per heavy atom. The summed E-state index contributed by atoms with van der Waals surface area (Å²) in [5.41, 5.74) is 6.07. The number of piperazine rings is 1. The first-order chi connectivity index (χ1) is 11.3. The van der Waals surface area contributed by atoms with E-state index in [-0.39, 0.29) is 11.9 Å². The molecule has 1 aromatic carbocycles. The van der Waals surface area contributed by atoms with E-state index >= 15 is 0 Å². The van der Waals surface area contributed by atoms with Gasteiger partial charge in [0.05, 0.1) is 5.69 Å². The molecule has 0 aliphatic carbocycles. The van der Waals surface area contributed by atoms with Crippen molar-refractivity contribution >= 4 is 17.5 Å². The van der Waals surface area contributed by atoms with Gasteiger partial charge in [-0.05, 0) is 44.9 Å². The van der Waals surface area contributed by atoms with Crippen LogP contribution in [0.5, 0.6) is 0 Å². The number of nitrogens with two attached hydrogens (primary N) is 1. The van der Waals surface area contributed by atoms with Gasteiger partial charge in [0.15, 0.2) is 0 Å². The molecule has 1 heterocycles. The molecule has 1 saturated heterocycles. The summed E-state index contributed by atoms with van der Waals surface area (Å²) in [6.07, 6.45) is 2.68. The van der Waals surface area contributed by atoms with Crippen LogP contribution in [-0.2, 0) is 4.74 Å². The molecule has 1 amide bonds. The smallest absolute Gasteiger partial charge is 0.410 e. The lowest BCUT2D eigenvalue weighted by Gasteiger charge is -2.37. The van der Waals surface area contributed by atoms with Crippen LogP contribution in [0, 0.1) is 5.82 Å². The SMILES string of the molecule is CCCCC(C)(C)OC(=O)N1CCN(c2ccc(N)cc2F)CC1. The number of rotatable bonds is 5. The number of unbranched alkanes of at least 4 members (excludes halogenated alkanes) is 1. The highest BCUT2D eigenvalue weighted by molar-refractivity contribution is 5.68. The van der Waals surface area contributed by atoms with Crippen LogP contribution in [0.3, 0.4) is 0 Å². The Balaban J connectivity index is 1.89. The molecular weight excluding hydrogens is 309 g/mol. The van der Waals surface area contributed by atoms with Gasteiger partial charge in [0, 0.05) is 31.9 Å². The van der Waals surface area contributed by atoms with Gasteiger partial charge in [-0.25, -0.2) is 9.18 Å². The van der Waals surface area contributed by atoms with Gasteiger partial charge in [-0.15, -0.1) is 0 Å². The van der Waals surface area contributed by atoms with Crippen LogP contribution in [0.2, 0.25) is 0 Å². The fourth-order valence-electron chi connectivity index (χ4n) is 2.86. The van der Waals surface area contributed by atoms with Crippen LogP contribution in [0.1, 0.15) is 40.0 Å². The molecule has 0 atom stereocenters. The first kappa shape index (κ1) is 18.4. The van der Waals surface area contributed by atoms with E-state index in [2.05, 4.69) is 6.92 Å². The third-order valence-corrected chi connectivity index (χ3v) is 4.35. The maximum Gasteiger partial charge on any atom is 0.410 e. The second-order valence-electron chi connectivity index (χ2n) is 6.92. The average molecular weight is 337 g/mol. The van der Waals surface area contributed by atoms with Gasteiger partial charge >= 0.3 is 6.09 Å². The number of ether oxygens (including phenoxy) is 1. The number of nitrogen functional groups attached to an aromatic ring is 1. The number of halogens is 1. The number of carbonyl (C=O) groups excluding carboxylic acids is 1. The summed E-state index contributed by atoms with van der Waals surface area (Å²) in [7, 11) is 0. The molecule has 0 bridgehead atoms. The van der Waals surface area contributed by atoms with E-state index in [1.165, 1.54) is 6.07 Å². The monoisotopic (exact) mass is 337 g/mol. The maximum absolute atomic E-state index is 14.0. The first-order valence-electron chi connectivity index (χ1n) is 8.60. The van der Waals surface area contributed by atoms with Crippen molar-refractivity contribution in [3.63, 3.8) is 0 Å². The lowest BCUT2D eigenvalue weighted by molar-refractivity contribution is 0.00652. The Bertz CT molecular complexity index is 569. The van der Waals surface area contributed by atoms with E-state index in [1.807, 2.05) is 18.7 Å². The van der Waals surface area contributed by atoms with Crippen LogP contribution >= 0.6 is 0 Å². The maximum atomic E-state index is 14.0. The summed E-state index contributed by atoms with van der Waals surface area (Å²) >= 11 is 0. The molecular formula is C18H28FN3O2. The highest BCUT2D eigenvalue weighted by Crippen LogP contribution is 2.24. The van der Waals surface area contributed by atoms with Crippen LogP contribution in [-0.4, -0.2) is 42.8 Å². The summed E-state index contributed by atoms with van der Waals surface area (Å²) < 4.78 is 19.6. The average Bonchev–Trinajstić information content (AvgIpc) is 2.53. The minimum atomic E-state index is -0.451. The molecule has 0 radical (unpaired) electrons. The molecule has 1 fully saturated rings. The molecule has 24 heavy (non-hydrogen) atoms. The molecule has 0 aromatic heterocycles. The minimum Gasteiger partial charge on any atom is -0.443 e. The first-order valence-corrected chi connectivity index (χ1v) is 8.60. The molecule has 0 spiro atoms. The molecule has 134 valence electrons. The molecule has 2 N–H and O–H groups in total. The van der Waals surface area contributed by atoms with E-state index < -0.39 is 5.60 Å². The Hall–Kier alpha value is -1.98. The summed E-state index contributed by atoms with van der Waals surface area (Å²) in [5, 5.41) is 0. The fourth-order valence-corrected chi connectivity index (χ4v) is 2.86. The van der Waals surface area contributed by atoms with Gasteiger partial charge in [0.25, 0.3) is 0 Å².